The lowest BCUT2D eigenvalue weighted by atomic mass is 9.95. The molecule has 2 heterocycles. The Balaban J connectivity index is 1.88. The summed E-state index contributed by atoms with van der Waals surface area (Å²) in [4.78, 5) is 18.3. The molecule has 0 atom stereocenters. The maximum absolute atomic E-state index is 12.7. The molecule has 0 aliphatic heterocycles. The minimum atomic E-state index is -0.184. The van der Waals surface area contributed by atoms with Gasteiger partial charge in [0.2, 0.25) is 0 Å². The molecule has 1 fully saturated rings. The van der Waals surface area contributed by atoms with Crippen LogP contribution < -0.4 is 5.32 Å². The number of hydrogen-bond acceptors (Lipinski definition) is 4. The van der Waals surface area contributed by atoms with E-state index < -0.39 is 0 Å². The van der Waals surface area contributed by atoms with E-state index in [1.165, 1.54) is 29.5 Å². The smallest absolute Gasteiger partial charge is 0.254 e. The Hall–Kier alpha value is -1.33. The minimum absolute atomic E-state index is 0.0113. The Bertz CT molecular complexity index is 619. The van der Waals surface area contributed by atoms with Crippen LogP contribution in [0.15, 0.2) is 40.9 Å². The first-order chi connectivity index (χ1) is 10.2. The van der Waals surface area contributed by atoms with E-state index in [9.17, 15) is 4.79 Å². The Labute approximate surface area is 133 Å². The molecule has 0 saturated heterocycles. The Kier molecular flexibility index (Phi) is 4.31. The molecular formula is C16H18N2OS2. The van der Waals surface area contributed by atoms with E-state index in [2.05, 4.69) is 27.8 Å². The third-order valence-corrected chi connectivity index (χ3v) is 5.80. The highest BCUT2D eigenvalue weighted by Gasteiger charge is 2.38. The van der Waals surface area contributed by atoms with Gasteiger partial charge in [-0.25, -0.2) is 4.98 Å². The second-order valence-corrected chi connectivity index (χ2v) is 7.02. The summed E-state index contributed by atoms with van der Waals surface area (Å²) in [7, 11) is 0. The molecule has 1 aliphatic carbocycles. The molecule has 1 saturated carbocycles. The molecule has 2 aromatic heterocycles. The summed E-state index contributed by atoms with van der Waals surface area (Å²) < 4.78 is 0. The summed E-state index contributed by atoms with van der Waals surface area (Å²) in [6.45, 7) is 0. The number of rotatable bonds is 4. The molecule has 1 amide bonds. The average molecular weight is 318 g/mol. The van der Waals surface area contributed by atoms with Crippen LogP contribution in [0.2, 0.25) is 0 Å². The van der Waals surface area contributed by atoms with Crippen LogP contribution in [0.4, 0.5) is 0 Å². The van der Waals surface area contributed by atoms with Gasteiger partial charge in [0.25, 0.3) is 5.91 Å². The molecule has 21 heavy (non-hydrogen) atoms. The zero-order valence-corrected chi connectivity index (χ0v) is 13.6. The number of pyridine rings is 1. The van der Waals surface area contributed by atoms with Crippen molar-refractivity contribution in [2.75, 3.05) is 6.26 Å². The molecule has 110 valence electrons. The lowest BCUT2D eigenvalue weighted by Gasteiger charge is -2.29. The van der Waals surface area contributed by atoms with Gasteiger partial charge in [-0.15, -0.1) is 23.1 Å². The molecule has 2 aromatic rings. The maximum Gasteiger partial charge on any atom is 0.254 e. The van der Waals surface area contributed by atoms with Crippen LogP contribution in [0.5, 0.6) is 0 Å². The third-order valence-electron chi connectivity index (χ3n) is 4.01. The number of carbonyl (C=O) groups excluding carboxylic acids is 1. The first-order valence-electron chi connectivity index (χ1n) is 7.11. The highest BCUT2D eigenvalue weighted by molar-refractivity contribution is 7.98. The van der Waals surface area contributed by atoms with Gasteiger partial charge in [-0.1, -0.05) is 18.9 Å². The molecule has 5 heteroatoms. The molecule has 0 unspecified atom stereocenters. The normalized spacial score (nSPS) is 16.8. The van der Waals surface area contributed by atoms with Crippen molar-refractivity contribution in [1.82, 2.24) is 10.3 Å². The van der Waals surface area contributed by atoms with Gasteiger partial charge in [-0.05, 0) is 42.7 Å². The van der Waals surface area contributed by atoms with E-state index in [4.69, 9.17) is 0 Å². The second-order valence-electron chi connectivity index (χ2n) is 5.28. The molecule has 0 bridgehead atoms. The standard InChI is InChI=1S/C16H18N2OS2/c1-20-15-12(6-4-10-17-15)14(19)18-16(8-2-3-9-16)13-7-5-11-21-13/h4-7,10-11H,2-3,8-9H2,1H3,(H,18,19). The Morgan fingerprint density at radius 2 is 2.14 bits per heavy atom. The highest BCUT2D eigenvalue weighted by Crippen LogP contribution is 2.41. The summed E-state index contributed by atoms with van der Waals surface area (Å²) in [6.07, 6.45) is 8.06. The van der Waals surface area contributed by atoms with Crippen molar-refractivity contribution in [3.8, 4) is 0 Å². The maximum atomic E-state index is 12.7. The predicted octanol–water partition coefficient (Wildman–Crippen LogP) is 4.06. The summed E-state index contributed by atoms with van der Waals surface area (Å²) in [5.74, 6) is -0.0113. The Morgan fingerprint density at radius 3 is 2.81 bits per heavy atom. The van der Waals surface area contributed by atoms with E-state index in [1.54, 1.807) is 17.5 Å². The topological polar surface area (TPSA) is 42.0 Å². The van der Waals surface area contributed by atoms with Crippen molar-refractivity contribution in [3.63, 3.8) is 0 Å². The number of nitrogens with one attached hydrogen (secondary N) is 1. The van der Waals surface area contributed by atoms with Gasteiger partial charge in [0.1, 0.15) is 5.03 Å². The van der Waals surface area contributed by atoms with E-state index in [0.717, 1.165) is 17.9 Å². The molecule has 3 nitrogen and oxygen atoms in total. The van der Waals surface area contributed by atoms with Crippen LogP contribution in [0.25, 0.3) is 0 Å². The molecule has 0 radical (unpaired) electrons. The van der Waals surface area contributed by atoms with Crippen molar-refractivity contribution >= 4 is 29.0 Å². The largest absolute Gasteiger partial charge is 0.342 e. The summed E-state index contributed by atoms with van der Waals surface area (Å²) in [5, 5.41) is 6.17. The number of amides is 1. The molecule has 0 aromatic carbocycles. The van der Waals surface area contributed by atoms with Crippen molar-refractivity contribution in [2.45, 2.75) is 36.2 Å². The number of carbonyl (C=O) groups is 1. The first kappa shape index (κ1) is 14.6. The lowest BCUT2D eigenvalue weighted by molar-refractivity contribution is 0.0896. The summed E-state index contributed by atoms with van der Waals surface area (Å²) in [5.41, 5.74) is 0.490. The van der Waals surface area contributed by atoms with Gasteiger partial charge in [-0.2, -0.15) is 0 Å². The van der Waals surface area contributed by atoms with E-state index in [0.29, 0.717) is 5.56 Å². The highest BCUT2D eigenvalue weighted by atomic mass is 32.2. The van der Waals surface area contributed by atoms with Gasteiger partial charge in [0, 0.05) is 11.1 Å². The first-order valence-corrected chi connectivity index (χ1v) is 9.21. The summed E-state index contributed by atoms with van der Waals surface area (Å²) >= 11 is 3.24. The van der Waals surface area contributed by atoms with Gasteiger partial charge in [0.05, 0.1) is 11.1 Å². The average Bonchev–Trinajstić information content (AvgIpc) is 3.19. The fourth-order valence-electron chi connectivity index (χ4n) is 2.97. The monoisotopic (exact) mass is 318 g/mol. The number of thiophene rings is 1. The van der Waals surface area contributed by atoms with Gasteiger partial charge < -0.3 is 5.32 Å². The molecule has 3 rings (SSSR count). The van der Waals surface area contributed by atoms with Gasteiger partial charge in [-0.3, -0.25) is 4.79 Å². The zero-order chi connectivity index (χ0) is 14.7. The van der Waals surface area contributed by atoms with Gasteiger partial charge in [0.15, 0.2) is 0 Å². The Morgan fingerprint density at radius 1 is 1.33 bits per heavy atom. The third kappa shape index (κ3) is 2.85. The van der Waals surface area contributed by atoms with Crippen LogP contribution in [-0.2, 0) is 5.54 Å². The van der Waals surface area contributed by atoms with Crippen LogP contribution in [0, 0.1) is 0 Å². The van der Waals surface area contributed by atoms with Crippen LogP contribution in [0.1, 0.15) is 40.9 Å². The van der Waals surface area contributed by atoms with Crippen LogP contribution in [0.3, 0.4) is 0 Å². The van der Waals surface area contributed by atoms with Gasteiger partial charge >= 0.3 is 0 Å². The van der Waals surface area contributed by atoms with E-state index in [-0.39, 0.29) is 11.4 Å². The molecule has 1 N–H and O–H groups in total. The van der Waals surface area contributed by atoms with E-state index >= 15 is 0 Å². The SMILES string of the molecule is CSc1ncccc1C(=O)NC1(c2cccs2)CCCC1. The number of aromatic nitrogens is 1. The number of thioether (sulfide) groups is 1. The minimum Gasteiger partial charge on any atom is -0.342 e. The summed E-state index contributed by atoms with van der Waals surface area (Å²) in [6, 6.07) is 7.87. The number of hydrogen-bond donors (Lipinski definition) is 1. The second kappa shape index (κ2) is 6.20. The van der Waals surface area contributed by atoms with E-state index in [1.807, 2.05) is 18.4 Å². The quantitative estimate of drug-likeness (QED) is 0.864. The molecular weight excluding hydrogens is 300 g/mol. The van der Waals surface area contributed by atoms with Crippen molar-refractivity contribution in [3.05, 3.63) is 46.3 Å². The molecule has 0 spiro atoms. The fourth-order valence-corrected chi connectivity index (χ4v) is 4.46. The van der Waals surface area contributed by atoms with Crippen molar-refractivity contribution in [2.24, 2.45) is 0 Å². The van der Waals surface area contributed by atoms with Crippen molar-refractivity contribution in [1.29, 1.82) is 0 Å². The molecule has 1 aliphatic rings. The fraction of sp³-hybridized carbons (Fsp3) is 0.375. The zero-order valence-electron chi connectivity index (χ0n) is 12.0. The van der Waals surface area contributed by atoms with Crippen LogP contribution >= 0.6 is 23.1 Å². The van der Waals surface area contributed by atoms with Crippen LogP contribution in [-0.4, -0.2) is 17.1 Å². The predicted molar refractivity (Wildman–Crippen MR) is 87.9 cm³/mol. The number of nitrogens with zero attached hydrogens (tertiary/aromatic N) is 1. The van der Waals surface area contributed by atoms with Crippen molar-refractivity contribution < 1.29 is 4.79 Å². The lowest BCUT2D eigenvalue weighted by Crippen LogP contribution is -2.43.